The molecule has 3 aromatic heterocycles. The first-order valence-electron chi connectivity index (χ1n) is 12.5. The number of amides is 2. The van der Waals surface area contributed by atoms with Gasteiger partial charge in [0, 0.05) is 40.6 Å². The number of nitrogens with zero attached hydrogens (tertiary/aromatic N) is 5. The molecule has 1 saturated heterocycles. The summed E-state index contributed by atoms with van der Waals surface area (Å²) in [5.41, 5.74) is 2.98. The van der Waals surface area contributed by atoms with Crippen LogP contribution in [-0.4, -0.2) is 54.1 Å². The van der Waals surface area contributed by atoms with E-state index in [1.807, 2.05) is 25.1 Å². The van der Waals surface area contributed by atoms with Gasteiger partial charge in [-0.2, -0.15) is 0 Å². The maximum absolute atomic E-state index is 13.7. The molecule has 194 valence electrons. The second kappa shape index (κ2) is 9.75. The average molecular weight is 583 g/mol. The molecule has 4 heterocycles. The molecule has 3 unspecified atom stereocenters. The number of rotatable bonds is 6. The number of hydrogen-bond donors (Lipinski definition) is 1. The Morgan fingerprint density at radius 3 is 2.59 bits per heavy atom. The molecule has 1 aliphatic heterocycles. The van der Waals surface area contributed by atoms with E-state index in [0.29, 0.717) is 28.2 Å². The molecule has 39 heavy (non-hydrogen) atoms. The van der Waals surface area contributed by atoms with Gasteiger partial charge in [0.1, 0.15) is 34.9 Å². The number of halogens is 1. The quantitative estimate of drug-likeness (QED) is 0.209. The second-order valence-corrected chi connectivity index (χ2v) is 10.5. The Kier molecular flexibility index (Phi) is 6.23. The van der Waals surface area contributed by atoms with E-state index >= 15 is 0 Å². The zero-order chi connectivity index (χ0) is 27.3. The Balaban J connectivity index is 1.29. The van der Waals surface area contributed by atoms with Crippen molar-refractivity contribution < 1.29 is 14.4 Å². The van der Waals surface area contributed by atoms with Gasteiger partial charge in [-0.3, -0.25) is 14.4 Å². The number of aromatic nitrogens is 4. The van der Waals surface area contributed by atoms with Crippen LogP contribution in [0.4, 0.5) is 5.82 Å². The average Bonchev–Trinajstić information content (AvgIpc) is 3.38. The molecule has 0 radical (unpaired) electrons. The topological polar surface area (TPSA) is 110 Å². The lowest BCUT2D eigenvalue weighted by Crippen LogP contribution is -2.49. The number of carbonyl (C=O) groups excluding carboxylic acids is 3. The first kappa shape index (κ1) is 24.9. The van der Waals surface area contributed by atoms with Gasteiger partial charge in [-0.25, -0.2) is 15.0 Å². The van der Waals surface area contributed by atoms with Crippen molar-refractivity contribution in [1.29, 1.82) is 0 Å². The van der Waals surface area contributed by atoms with Gasteiger partial charge < -0.3 is 14.8 Å². The van der Waals surface area contributed by atoms with E-state index in [4.69, 9.17) is 0 Å². The maximum atomic E-state index is 13.7. The van der Waals surface area contributed by atoms with Crippen LogP contribution in [-0.2, 0) is 16.1 Å². The lowest BCUT2D eigenvalue weighted by atomic mass is 9.92. The van der Waals surface area contributed by atoms with Gasteiger partial charge in [0.2, 0.25) is 11.8 Å². The van der Waals surface area contributed by atoms with Crippen LogP contribution in [0.1, 0.15) is 29.5 Å². The number of ketones is 1. The summed E-state index contributed by atoms with van der Waals surface area (Å²) in [7, 11) is 0. The van der Waals surface area contributed by atoms with Crippen LogP contribution >= 0.6 is 15.9 Å². The van der Waals surface area contributed by atoms with E-state index in [1.54, 1.807) is 46.3 Å². The van der Waals surface area contributed by atoms with Gasteiger partial charge >= 0.3 is 0 Å². The highest BCUT2D eigenvalue weighted by Gasteiger charge is 2.48. The van der Waals surface area contributed by atoms with Gasteiger partial charge in [-0.05, 0) is 66.0 Å². The predicted molar refractivity (Wildman–Crippen MR) is 149 cm³/mol. The molecule has 1 N–H and O–H groups in total. The summed E-state index contributed by atoms with van der Waals surface area (Å²) in [6, 6.07) is 9.99. The van der Waals surface area contributed by atoms with Crippen molar-refractivity contribution >= 4 is 50.2 Å². The molecule has 2 amide bonds. The van der Waals surface area contributed by atoms with Crippen molar-refractivity contribution in [2.75, 3.05) is 5.32 Å². The minimum atomic E-state index is -0.682. The Morgan fingerprint density at radius 2 is 1.90 bits per heavy atom. The molecule has 2 aliphatic rings. The highest BCUT2D eigenvalue weighted by atomic mass is 79.9. The normalized spacial score (nSPS) is 19.2. The third-order valence-corrected chi connectivity index (χ3v) is 7.59. The van der Waals surface area contributed by atoms with Crippen LogP contribution in [0.3, 0.4) is 0 Å². The predicted octanol–water partition coefficient (Wildman–Crippen LogP) is 4.01. The number of hydrogen-bond acceptors (Lipinski definition) is 6. The molecule has 1 aromatic carbocycles. The highest BCUT2D eigenvalue weighted by molar-refractivity contribution is 9.10. The van der Waals surface area contributed by atoms with E-state index in [2.05, 4.69) is 48.0 Å². The Labute approximate surface area is 232 Å². The molecule has 9 nitrogen and oxygen atoms in total. The molecular weight excluding hydrogens is 560 g/mol. The van der Waals surface area contributed by atoms with Crippen molar-refractivity contribution in [3.63, 3.8) is 0 Å². The fraction of sp³-hybridized carbons (Fsp3) is 0.241. The van der Waals surface area contributed by atoms with Gasteiger partial charge in [0.15, 0.2) is 5.78 Å². The highest BCUT2D eigenvalue weighted by Crippen LogP contribution is 2.35. The molecule has 1 fully saturated rings. The Bertz CT molecular complexity index is 1720. The summed E-state index contributed by atoms with van der Waals surface area (Å²) in [5, 5.41) is 3.57. The molecule has 0 saturated carbocycles. The van der Waals surface area contributed by atoms with Crippen LogP contribution in [0.15, 0.2) is 59.6 Å². The summed E-state index contributed by atoms with van der Waals surface area (Å²) in [6.45, 7) is 3.30. The van der Waals surface area contributed by atoms with Crippen molar-refractivity contribution in [1.82, 2.24) is 24.4 Å². The fourth-order valence-corrected chi connectivity index (χ4v) is 5.53. The van der Waals surface area contributed by atoms with Crippen molar-refractivity contribution in [3.05, 3.63) is 71.0 Å². The number of fused-ring (bicyclic) bond motifs is 2. The Morgan fingerprint density at radius 1 is 1.10 bits per heavy atom. The van der Waals surface area contributed by atoms with Crippen LogP contribution in [0.5, 0.6) is 0 Å². The number of Topliss-reactive ketones (excluding diaryl/α,β-unsaturated/α-hetero) is 1. The summed E-state index contributed by atoms with van der Waals surface area (Å²) in [5.74, 6) is 6.53. The van der Waals surface area contributed by atoms with Crippen LogP contribution in [0.25, 0.3) is 22.0 Å². The van der Waals surface area contributed by atoms with Crippen molar-refractivity contribution in [2.24, 2.45) is 5.92 Å². The Hall–Kier alpha value is -4.36. The van der Waals surface area contributed by atoms with E-state index in [0.717, 1.165) is 22.0 Å². The SMILES string of the molecule is CC(=O)c1cn(CC(=O)N2C(C(=O)Nc3cccc(Br)n3)CC3C#CC32)c2ccc(-c3cnc(C)nc3)cc12. The number of carbonyl (C=O) groups is 3. The third kappa shape index (κ3) is 4.59. The number of benzene rings is 1. The number of pyridine rings is 1. The molecule has 4 aromatic rings. The van der Waals surface area contributed by atoms with Gasteiger partial charge in [0.05, 0.1) is 5.92 Å². The summed E-state index contributed by atoms with van der Waals surface area (Å²) < 4.78 is 2.37. The maximum Gasteiger partial charge on any atom is 0.248 e. The number of likely N-dealkylation sites (tertiary alicyclic amines) is 1. The largest absolute Gasteiger partial charge is 0.337 e. The number of nitrogens with one attached hydrogen (secondary N) is 1. The minimum Gasteiger partial charge on any atom is -0.337 e. The van der Waals surface area contributed by atoms with E-state index in [1.165, 1.54) is 6.92 Å². The van der Waals surface area contributed by atoms with Crippen LogP contribution in [0, 0.1) is 24.7 Å². The smallest absolute Gasteiger partial charge is 0.248 e. The molecular formula is C29H23BrN6O3. The molecule has 0 bridgehead atoms. The zero-order valence-corrected chi connectivity index (χ0v) is 22.8. The summed E-state index contributed by atoms with van der Waals surface area (Å²) >= 11 is 3.31. The standard InChI is InChI=1S/C29H23BrN6O3/c1-16(37)22-14-35(24-9-6-18(10-21(22)24)20-12-31-17(2)32-13-20)15-28(38)36-23-8-7-19(23)11-25(36)29(39)34-27-5-3-4-26(30)33-27/h3-6,9-10,12-14,19,23,25H,11,15H2,1-2H3,(H,33,34,39). The summed E-state index contributed by atoms with van der Waals surface area (Å²) in [6.07, 6.45) is 5.67. The van der Waals surface area contributed by atoms with Gasteiger partial charge in [-0.1, -0.05) is 24.0 Å². The van der Waals surface area contributed by atoms with Crippen molar-refractivity contribution in [3.8, 4) is 23.0 Å². The second-order valence-electron chi connectivity index (χ2n) is 9.71. The minimum absolute atomic E-state index is 0.0272. The monoisotopic (exact) mass is 582 g/mol. The van der Waals surface area contributed by atoms with Crippen LogP contribution < -0.4 is 5.32 Å². The van der Waals surface area contributed by atoms with Crippen LogP contribution in [0.2, 0.25) is 0 Å². The lowest BCUT2D eigenvalue weighted by Gasteiger charge is -2.29. The summed E-state index contributed by atoms with van der Waals surface area (Å²) in [4.78, 5) is 53.9. The molecule has 1 aliphatic carbocycles. The molecule has 10 heteroatoms. The number of aryl methyl sites for hydroxylation is 1. The van der Waals surface area contributed by atoms with Gasteiger partial charge in [0.25, 0.3) is 0 Å². The molecule has 3 atom stereocenters. The molecule has 0 spiro atoms. The van der Waals surface area contributed by atoms with E-state index in [-0.39, 0.29) is 36.1 Å². The van der Waals surface area contributed by atoms with Crippen molar-refractivity contribution in [2.45, 2.75) is 38.9 Å². The molecule has 6 rings (SSSR count). The lowest BCUT2D eigenvalue weighted by molar-refractivity contribution is -0.138. The third-order valence-electron chi connectivity index (χ3n) is 7.15. The number of anilines is 1. The zero-order valence-electron chi connectivity index (χ0n) is 21.2. The van der Waals surface area contributed by atoms with E-state index < -0.39 is 6.04 Å². The first-order valence-corrected chi connectivity index (χ1v) is 13.3. The first-order chi connectivity index (χ1) is 18.8. The van der Waals surface area contributed by atoms with E-state index in [9.17, 15) is 14.4 Å². The van der Waals surface area contributed by atoms with Gasteiger partial charge in [-0.15, -0.1) is 0 Å². The fourth-order valence-electron chi connectivity index (χ4n) is 5.18.